The second-order valence-electron chi connectivity index (χ2n) is 11.3. The second-order valence-corrected chi connectivity index (χ2v) is 11.3. The van der Waals surface area contributed by atoms with Gasteiger partial charge in [-0.2, -0.15) is 14.9 Å². The largest absolute Gasteiger partial charge is 0.342 e. The highest BCUT2D eigenvalue weighted by Gasteiger charge is 2.52. The van der Waals surface area contributed by atoms with Crippen LogP contribution in [-0.4, -0.2) is 79.6 Å². The molecular weight excluding hydrogens is 482 g/mol. The van der Waals surface area contributed by atoms with E-state index in [2.05, 4.69) is 57.2 Å². The Morgan fingerprint density at radius 3 is 2.53 bits per heavy atom. The Bertz CT molecular complexity index is 1380. The molecule has 2 fully saturated rings. The van der Waals surface area contributed by atoms with Crippen LogP contribution in [0.3, 0.4) is 0 Å². The molecule has 2 saturated heterocycles. The lowest BCUT2D eigenvalue weighted by Gasteiger charge is -2.52. The fraction of sp³-hybridized carbons (Fsp3) is 0.481. The molecule has 3 aromatic heterocycles. The van der Waals surface area contributed by atoms with Crippen molar-refractivity contribution in [1.29, 1.82) is 5.26 Å². The minimum Gasteiger partial charge on any atom is -0.342 e. The predicted molar refractivity (Wildman–Crippen MR) is 141 cm³/mol. The van der Waals surface area contributed by atoms with Gasteiger partial charge in [-0.1, -0.05) is 20.8 Å². The average molecular weight is 516 g/mol. The number of nitrogens with one attached hydrogen (secondary N) is 1. The van der Waals surface area contributed by atoms with Crippen LogP contribution >= 0.6 is 0 Å². The number of likely N-dealkylation sites (N-methyl/N-ethyl adjacent to an activating group) is 1. The van der Waals surface area contributed by atoms with Gasteiger partial charge in [-0.15, -0.1) is 0 Å². The number of hydrogen-bond acceptors (Lipinski definition) is 8. The first-order valence-corrected chi connectivity index (χ1v) is 12.9. The summed E-state index contributed by atoms with van der Waals surface area (Å²) in [6.07, 6.45) is 6.46. The summed E-state index contributed by atoms with van der Waals surface area (Å²) in [5.41, 5.74) is 0.906. The van der Waals surface area contributed by atoms with Crippen LogP contribution in [0.1, 0.15) is 44.9 Å². The number of hydrogen-bond donors (Lipinski definition) is 1. The van der Waals surface area contributed by atoms with Crippen LogP contribution < -0.4 is 10.3 Å². The van der Waals surface area contributed by atoms with Crippen LogP contribution in [0, 0.1) is 16.7 Å². The zero-order valence-corrected chi connectivity index (χ0v) is 22.3. The van der Waals surface area contributed by atoms with Crippen LogP contribution in [-0.2, 0) is 16.0 Å². The lowest BCUT2D eigenvalue weighted by molar-refractivity contribution is -0.158. The van der Waals surface area contributed by atoms with Gasteiger partial charge in [0.2, 0.25) is 11.8 Å². The summed E-state index contributed by atoms with van der Waals surface area (Å²) in [4.78, 5) is 37.0. The predicted octanol–water partition coefficient (Wildman–Crippen LogP) is 1.80. The first-order chi connectivity index (χ1) is 18.1. The van der Waals surface area contributed by atoms with Gasteiger partial charge in [-0.3, -0.25) is 19.6 Å². The van der Waals surface area contributed by atoms with E-state index >= 15 is 0 Å². The molecule has 1 spiro atoms. The lowest BCUT2D eigenvalue weighted by atomic mass is 9.82. The van der Waals surface area contributed by atoms with Gasteiger partial charge in [0.05, 0.1) is 6.20 Å². The number of fused-ring (bicyclic) bond motifs is 1. The molecule has 0 saturated carbocycles. The monoisotopic (exact) mass is 515 g/mol. The van der Waals surface area contributed by atoms with Gasteiger partial charge < -0.3 is 10.2 Å². The fourth-order valence-corrected chi connectivity index (χ4v) is 5.43. The Hall–Kier alpha value is -4.04. The highest BCUT2D eigenvalue weighted by atomic mass is 16.2. The maximum Gasteiger partial charge on any atom is 0.246 e. The van der Waals surface area contributed by atoms with Gasteiger partial charge in [-0.05, 0) is 36.0 Å². The maximum absolute atomic E-state index is 13.5. The molecule has 11 heteroatoms. The molecule has 11 nitrogen and oxygen atoms in total. The zero-order valence-electron chi connectivity index (χ0n) is 22.3. The molecule has 2 aliphatic rings. The van der Waals surface area contributed by atoms with E-state index in [1.165, 1.54) is 0 Å². The molecule has 5 heterocycles. The number of carbonyl (C=O) groups excluding carboxylic acids is 2. The second kappa shape index (κ2) is 9.68. The van der Waals surface area contributed by atoms with Crippen LogP contribution in [0.4, 0.5) is 5.82 Å². The lowest BCUT2D eigenvalue weighted by Crippen LogP contribution is -2.72. The summed E-state index contributed by atoms with van der Waals surface area (Å²) in [5, 5.41) is 21.4. The van der Waals surface area contributed by atoms with E-state index in [0.717, 1.165) is 11.4 Å². The van der Waals surface area contributed by atoms with E-state index in [1.54, 1.807) is 47.2 Å². The molecule has 2 amide bonds. The number of carbonyl (C=O) groups is 2. The zero-order chi connectivity index (χ0) is 27.1. The highest BCUT2D eigenvalue weighted by molar-refractivity contribution is 6.00. The number of pyridine rings is 1. The molecule has 1 unspecified atom stereocenters. The summed E-state index contributed by atoms with van der Waals surface area (Å²) in [6, 6.07) is 8.82. The molecule has 1 N–H and O–H groups in total. The molecule has 0 bridgehead atoms. The van der Waals surface area contributed by atoms with Crippen LogP contribution in [0.2, 0.25) is 0 Å². The summed E-state index contributed by atoms with van der Waals surface area (Å²) < 4.78 is 1.74. The van der Waals surface area contributed by atoms with Crippen molar-refractivity contribution in [2.75, 3.05) is 31.7 Å². The number of aromatic nitrogens is 4. The molecule has 3 aromatic rings. The minimum atomic E-state index is -0.896. The molecule has 1 atom stereocenters. The smallest absolute Gasteiger partial charge is 0.246 e. The normalized spacial score (nSPS) is 20.0. The maximum atomic E-state index is 13.5. The highest BCUT2D eigenvalue weighted by Crippen LogP contribution is 2.35. The summed E-state index contributed by atoms with van der Waals surface area (Å²) in [5.74, 6) is 0.565. The number of hydrazine groups is 1. The molecule has 38 heavy (non-hydrogen) atoms. The third-order valence-electron chi connectivity index (χ3n) is 7.44. The first kappa shape index (κ1) is 25.6. The van der Waals surface area contributed by atoms with Crippen LogP contribution in [0.5, 0.6) is 0 Å². The van der Waals surface area contributed by atoms with Crippen molar-refractivity contribution >= 4 is 23.3 Å². The molecule has 0 radical (unpaired) electrons. The number of anilines is 1. The molecular formula is C27H33N9O2. The van der Waals surface area contributed by atoms with Crippen molar-refractivity contribution in [3.63, 3.8) is 0 Å². The summed E-state index contributed by atoms with van der Waals surface area (Å²) >= 11 is 0. The number of nitrogens with zero attached hydrogens (tertiary/aromatic N) is 8. The number of nitriles is 1. The van der Waals surface area contributed by atoms with Gasteiger partial charge in [0.1, 0.15) is 29.2 Å². The standard InChI is InChI=1S/C27H33N9O2/c1-26(2,3)18-35(23-16-20(17-28)31-22-7-12-30-36(22)23)34-13-8-27(9-14-34)25(38)32-21(24(37)33(27)4)15-19-5-10-29-11-6-19/h5-7,10-12,16,21H,8-9,13-15,18H2,1-4H3,(H,32,38). The fourth-order valence-electron chi connectivity index (χ4n) is 5.43. The van der Waals surface area contributed by atoms with Gasteiger partial charge in [0.15, 0.2) is 5.65 Å². The SMILES string of the molecule is CN1C(=O)C(Cc2ccncc2)NC(=O)C12CCN(N(CC(C)(C)C)c1cc(C#N)nc3ccnn13)CC2. The van der Waals surface area contributed by atoms with E-state index < -0.39 is 11.6 Å². The van der Waals surface area contributed by atoms with Crippen molar-refractivity contribution < 1.29 is 9.59 Å². The molecule has 2 aliphatic heterocycles. The third-order valence-corrected chi connectivity index (χ3v) is 7.44. The molecule has 5 rings (SSSR count). The summed E-state index contributed by atoms with van der Waals surface area (Å²) in [6.45, 7) is 8.25. The topological polar surface area (TPSA) is 123 Å². The van der Waals surface area contributed by atoms with Gasteiger partial charge in [0.25, 0.3) is 0 Å². The number of piperidine rings is 1. The third kappa shape index (κ3) is 4.67. The van der Waals surface area contributed by atoms with Crippen molar-refractivity contribution in [2.45, 2.75) is 51.6 Å². The van der Waals surface area contributed by atoms with Crippen molar-refractivity contribution in [1.82, 2.24) is 34.8 Å². The van der Waals surface area contributed by atoms with Gasteiger partial charge in [-0.25, -0.2) is 9.99 Å². The van der Waals surface area contributed by atoms with Crippen LogP contribution in [0.25, 0.3) is 5.65 Å². The summed E-state index contributed by atoms with van der Waals surface area (Å²) in [7, 11) is 1.75. The van der Waals surface area contributed by atoms with Crippen molar-refractivity contribution in [3.8, 4) is 6.07 Å². The Morgan fingerprint density at radius 1 is 1.16 bits per heavy atom. The van der Waals surface area contributed by atoms with E-state index in [1.807, 2.05) is 12.1 Å². The van der Waals surface area contributed by atoms with Gasteiger partial charge in [0, 0.05) is 57.6 Å². The Morgan fingerprint density at radius 2 is 1.87 bits per heavy atom. The average Bonchev–Trinajstić information content (AvgIpc) is 3.38. The van der Waals surface area contributed by atoms with Gasteiger partial charge >= 0.3 is 0 Å². The van der Waals surface area contributed by atoms with E-state index in [9.17, 15) is 14.9 Å². The number of amides is 2. The Labute approximate surface area is 222 Å². The number of piperazine rings is 1. The Kier molecular flexibility index (Phi) is 6.53. The van der Waals surface area contributed by atoms with Crippen molar-refractivity contribution in [3.05, 3.63) is 54.1 Å². The van der Waals surface area contributed by atoms with E-state index in [4.69, 9.17) is 0 Å². The van der Waals surface area contributed by atoms with Crippen molar-refractivity contribution in [2.24, 2.45) is 5.41 Å². The molecule has 0 aromatic carbocycles. The van der Waals surface area contributed by atoms with E-state index in [-0.39, 0.29) is 17.2 Å². The number of rotatable bonds is 5. The quantitative estimate of drug-likeness (QED) is 0.546. The van der Waals surface area contributed by atoms with E-state index in [0.29, 0.717) is 50.2 Å². The molecule has 0 aliphatic carbocycles. The van der Waals surface area contributed by atoms with Crippen LogP contribution in [0.15, 0.2) is 42.9 Å². The first-order valence-electron chi connectivity index (χ1n) is 12.9. The Balaban J connectivity index is 1.39. The molecule has 198 valence electrons. The minimum absolute atomic E-state index is 0.0696.